The van der Waals surface area contributed by atoms with Gasteiger partial charge in [-0.2, -0.15) is 0 Å². The molecular formula is C22H17N3O8S. The Kier molecular flexibility index (Phi) is 5.28. The zero-order chi connectivity index (χ0) is 24.0. The van der Waals surface area contributed by atoms with Gasteiger partial charge in [0.05, 0.1) is 34.5 Å². The van der Waals surface area contributed by atoms with Gasteiger partial charge in [-0.3, -0.25) is 19.5 Å². The zero-order valence-electron chi connectivity index (χ0n) is 18.0. The molecule has 0 amide bonds. The van der Waals surface area contributed by atoms with Gasteiger partial charge in [0.1, 0.15) is 10.7 Å². The highest BCUT2D eigenvalue weighted by molar-refractivity contribution is 7.07. The topological polar surface area (TPSA) is 135 Å². The van der Waals surface area contributed by atoms with Gasteiger partial charge in [-0.05, 0) is 37.6 Å². The minimum atomic E-state index is -0.821. The van der Waals surface area contributed by atoms with Crippen LogP contribution >= 0.6 is 11.3 Å². The first kappa shape index (κ1) is 21.6. The monoisotopic (exact) mass is 483 g/mol. The number of nitro groups is 1. The lowest BCUT2D eigenvalue weighted by Gasteiger charge is -2.24. The van der Waals surface area contributed by atoms with Crippen LogP contribution in [0.25, 0.3) is 6.08 Å². The first-order chi connectivity index (χ1) is 16.4. The van der Waals surface area contributed by atoms with E-state index in [9.17, 15) is 19.7 Å². The number of esters is 1. The van der Waals surface area contributed by atoms with E-state index in [4.69, 9.17) is 18.6 Å². The van der Waals surface area contributed by atoms with Crippen molar-refractivity contribution >= 4 is 29.3 Å². The molecule has 34 heavy (non-hydrogen) atoms. The molecule has 0 spiro atoms. The fourth-order valence-corrected chi connectivity index (χ4v) is 4.86. The summed E-state index contributed by atoms with van der Waals surface area (Å²) in [4.78, 5) is 41.5. The maximum atomic E-state index is 13.5. The molecule has 174 valence electrons. The fourth-order valence-electron chi connectivity index (χ4n) is 3.84. The quantitative estimate of drug-likeness (QED) is 0.306. The SMILES string of the molecule is CCOC(=O)C1=C(C)N=c2s/c(=C\c3ccc([N+](=O)[O-])o3)c(=O)n2[C@@H]1c1ccc2c(c1)OCO2. The molecule has 3 aromatic rings. The van der Waals surface area contributed by atoms with Crippen LogP contribution in [0.2, 0.25) is 0 Å². The van der Waals surface area contributed by atoms with E-state index in [2.05, 4.69) is 4.99 Å². The number of benzene rings is 1. The first-order valence-electron chi connectivity index (χ1n) is 10.2. The molecule has 0 fully saturated rings. The van der Waals surface area contributed by atoms with Crippen molar-refractivity contribution in [1.82, 2.24) is 4.57 Å². The van der Waals surface area contributed by atoms with Crippen LogP contribution in [0, 0.1) is 10.1 Å². The highest BCUT2D eigenvalue weighted by Crippen LogP contribution is 2.38. The van der Waals surface area contributed by atoms with Gasteiger partial charge in [-0.1, -0.05) is 17.4 Å². The summed E-state index contributed by atoms with van der Waals surface area (Å²) < 4.78 is 23.0. The van der Waals surface area contributed by atoms with Crippen LogP contribution < -0.4 is 24.4 Å². The molecule has 0 aliphatic carbocycles. The van der Waals surface area contributed by atoms with Gasteiger partial charge in [0.15, 0.2) is 16.3 Å². The van der Waals surface area contributed by atoms with Gasteiger partial charge < -0.3 is 18.6 Å². The summed E-state index contributed by atoms with van der Waals surface area (Å²) in [7, 11) is 0. The van der Waals surface area contributed by atoms with Crippen LogP contribution in [0.15, 0.2) is 55.8 Å². The van der Waals surface area contributed by atoms with Crippen molar-refractivity contribution in [1.29, 1.82) is 0 Å². The predicted octanol–water partition coefficient (Wildman–Crippen LogP) is 2.03. The summed E-state index contributed by atoms with van der Waals surface area (Å²) in [6.45, 7) is 3.61. The molecule has 4 heterocycles. The average Bonchev–Trinajstić information content (AvgIpc) is 3.52. The van der Waals surface area contributed by atoms with Crippen molar-refractivity contribution in [2.24, 2.45) is 4.99 Å². The van der Waals surface area contributed by atoms with Crippen molar-refractivity contribution < 1.29 is 28.3 Å². The lowest BCUT2D eigenvalue weighted by Crippen LogP contribution is -2.39. The molecule has 1 aromatic carbocycles. The number of carbonyl (C=O) groups excluding carboxylic acids is 1. The Labute approximate surface area is 195 Å². The van der Waals surface area contributed by atoms with Crippen LogP contribution in [-0.2, 0) is 9.53 Å². The lowest BCUT2D eigenvalue weighted by molar-refractivity contribution is -0.402. The highest BCUT2D eigenvalue weighted by Gasteiger charge is 2.34. The molecule has 2 aliphatic rings. The number of fused-ring (bicyclic) bond motifs is 2. The Bertz CT molecular complexity index is 1540. The number of furan rings is 1. The molecule has 1 atom stereocenters. The normalized spacial score (nSPS) is 16.9. The molecule has 0 radical (unpaired) electrons. The van der Waals surface area contributed by atoms with Crippen LogP contribution in [0.3, 0.4) is 0 Å². The number of aromatic nitrogens is 1. The van der Waals surface area contributed by atoms with E-state index in [1.807, 2.05) is 0 Å². The smallest absolute Gasteiger partial charge is 0.433 e. The number of thiazole rings is 1. The van der Waals surface area contributed by atoms with Gasteiger partial charge in [0.2, 0.25) is 6.79 Å². The largest absolute Gasteiger partial charge is 0.463 e. The Morgan fingerprint density at radius 3 is 2.85 bits per heavy atom. The molecular weight excluding hydrogens is 466 g/mol. The van der Waals surface area contributed by atoms with Crippen LogP contribution in [-0.4, -0.2) is 28.9 Å². The van der Waals surface area contributed by atoms with Gasteiger partial charge >= 0.3 is 11.9 Å². The fraction of sp³-hybridized carbons (Fsp3) is 0.227. The third-order valence-corrected chi connectivity index (χ3v) is 6.28. The Morgan fingerprint density at radius 1 is 1.32 bits per heavy atom. The van der Waals surface area contributed by atoms with E-state index in [0.29, 0.717) is 27.6 Å². The van der Waals surface area contributed by atoms with Crippen molar-refractivity contribution in [3.05, 3.63) is 82.7 Å². The van der Waals surface area contributed by atoms with Gasteiger partial charge in [0, 0.05) is 6.08 Å². The number of hydrogen-bond donors (Lipinski definition) is 0. The molecule has 0 unspecified atom stereocenters. The summed E-state index contributed by atoms with van der Waals surface area (Å²) in [6, 6.07) is 6.98. The molecule has 11 nitrogen and oxygen atoms in total. The van der Waals surface area contributed by atoms with Gasteiger partial charge in [-0.25, -0.2) is 9.79 Å². The Hall–Kier alpha value is -4.19. The molecule has 12 heteroatoms. The van der Waals surface area contributed by atoms with E-state index in [1.54, 1.807) is 32.0 Å². The molecule has 0 saturated heterocycles. The number of carbonyl (C=O) groups is 1. The third-order valence-electron chi connectivity index (χ3n) is 5.30. The summed E-state index contributed by atoms with van der Waals surface area (Å²) in [5.74, 6) is 0.201. The Balaban J connectivity index is 1.70. The van der Waals surface area contributed by atoms with Crippen LogP contribution in [0.4, 0.5) is 5.88 Å². The second-order valence-electron chi connectivity index (χ2n) is 7.35. The minimum Gasteiger partial charge on any atom is -0.463 e. The van der Waals surface area contributed by atoms with E-state index in [0.717, 1.165) is 11.3 Å². The maximum Gasteiger partial charge on any atom is 0.433 e. The third kappa shape index (κ3) is 3.57. The van der Waals surface area contributed by atoms with Gasteiger partial charge in [-0.15, -0.1) is 0 Å². The number of nitrogens with zero attached hydrogens (tertiary/aromatic N) is 3. The number of hydrogen-bond acceptors (Lipinski definition) is 10. The number of ether oxygens (including phenoxy) is 3. The average molecular weight is 483 g/mol. The standard InChI is InChI=1S/C22H17N3O8S/c1-3-30-21(27)18-11(2)23-22-24(19(18)12-4-6-14-15(8-12)32-10-31-14)20(26)16(34-22)9-13-5-7-17(33-13)25(28)29/h4-9,19H,3,10H2,1-2H3/b16-9-/t19-/m1/s1. The van der Waals surface area contributed by atoms with E-state index < -0.39 is 28.4 Å². The van der Waals surface area contributed by atoms with E-state index >= 15 is 0 Å². The predicted molar refractivity (Wildman–Crippen MR) is 118 cm³/mol. The lowest BCUT2D eigenvalue weighted by atomic mass is 9.95. The highest BCUT2D eigenvalue weighted by atomic mass is 32.1. The first-order valence-corrected chi connectivity index (χ1v) is 11.0. The van der Waals surface area contributed by atoms with Crippen molar-refractivity contribution in [3.63, 3.8) is 0 Å². The van der Waals surface area contributed by atoms with Gasteiger partial charge in [0.25, 0.3) is 5.56 Å². The van der Waals surface area contributed by atoms with E-state index in [-0.39, 0.29) is 29.3 Å². The molecule has 5 rings (SSSR count). The maximum absolute atomic E-state index is 13.5. The van der Waals surface area contributed by atoms with Crippen molar-refractivity contribution in [2.45, 2.75) is 19.9 Å². The molecule has 2 aliphatic heterocycles. The summed E-state index contributed by atoms with van der Waals surface area (Å²) in [6.07, 6.45) is 1.41. The minimum absolute atomic E-state index is 0.0798. The molecule has 2 aromatic heterocycles. The van der Waals surface area contributed by atoms with Crippen LogP contribution in [0.1, 0.15) is 31.2 Å². The molecule has 0 saturated carbocycles. The molecule has 0 N–H and O–H groups in total. The summed E-state index contributed by atoms with van der Waals surface area (Å²) in [5, 5.41) is 10.9. The second-order valence-corrected chi connectivity index (χ2v) is 8.36. The van der Waals surface area contributed by atoms with E-state index in [1.165, 1.54) is 22.8 Å². The van der Waals surface area contributed by atoms with Crippen molar-refractivity contribution in [3.8, 4) is 11.5 Å². The second kappa shape index (κ2) is 8.30. The Morgan fingerprint density at radius 2 is 2.12 bits per heavy atom. The molecule has 0 bridgehead atoms. The number of rotatable bonds is 5. The summed E-state index contributed by atoms with van der Waals surface area (Å²) >= 11 is 1.09. The van der Waals surface area contributed by atoms with Crippen LogP contribution in [0.5, 0.6) is 11.5 Å². The number of allylic oxidation sites excluding steroid dienone is 1. The zero-order valence-corrected chi connectivity index (χ0v) is 18.8. The van der Waals surface area contributed by atoms with Crippen molar-refractivity contribution in [2.75, 3.05) is 13.4 Å². The summed E-state index contributed by atoms with van der Waals surface area (Å²) in [5.41, 5.74) is 0.832.